The van der Waals surface area contributed by atoms with E-state index in [1.54, 1.807) is 0 Å². The van der Waals surface area contributed by atoms with Gasteiger partial charge in [-0.25, -0.2) is 0 Å². The molecule has 0 radical (unpaired) electrons. The first kappa shape index (κ1) is 10.9. The minimum absolute atomic E-state index is 0.00417. The third-order valence-corrected chi connectivity index (χ3v) is 4.27. The zero-order valence-corrected chi connectivity index (χ0v) is 11.1. The van der Waals surface area contributed by atoms with Crippen molar-refractivity contribution in [1.82, 2.24) is 0 Å². The summed E-state index contributed by atoms with van der Waals surface area (Å²) in [6.45, 7) is 4.40. The number of para-hydroxylation sites is 1. The van der Waals surface area contributed by atoms with Crippen molar-refractivity contribution in [3.8, 4) is 0 Å². The summed E-state index contributed by atoms with van der Waals surface area (Å²) in [5, 5.41) is 0. The third-order valence-electron chi connectivity index (χ3n) is 3.03. The molecule has 0 amide bonds. The van der Waals surface area contributed by atoms with Crippen LogP contribution in [0.2, 0.25) is 0 Å². The highest BCUT2D eigenvalue weighted by molar-refractivity contribution is 14.1. The monoisotopic (exact) mass is 315 g/mol. The lowest BCUT2D eigenvalue weighted by molar-refractivity contribution is -0.109. The molecule has 0 saturated heterocycles. The zero-order chi connectivity index (χ0) is 11.1. The Balaban J connectivity index is 2.54. The minimum Gasteiger partial charge on any atom is -0.304 e. The molecule has 1 aliphatic rings. The average Bonchev–Trinajstić information content (AvgIpc) is 2.24. The van der Waals surface area contributed by atoms with E-state index in [2.05, 4.69) is 54.9 Å². The molecule has 1 aliphatic heterocycles. The summed E-state index contributed by atoms with van der Waals surface area (Å²) >= 11 is 2.23. The minimum atomic E-state index is -0.00417. The largest absolute Gasteiger partial charge is 0.304 e. The van der Waals surface area contributed by atoms with E-state index in [0.717, 1.165) is 12.7 Å². The van der Waals surface area contributed by atoms with Gasteiger partial charge in [0.1, 0.15) is 6.29 Å². The van der Waals surface area contributed by atoms with E-state index in [1.165, 1.54) is 11.3 Å². The molecule has 1 atom stereocenters. The lowest BCUT2D eigenvalue weighted by atomic mass is 9.76. The van der Waals surface area contributed by atoms with E-state index >= 15 is 0 Å². The fourth-order valence-electron chi connectivity index (χ4n) is 2.23. The molecule has 1 heterocycles. The lowest BCUT2D eigenvalue weighted by Gasteiger charge is -2.40. The number of aldehydes is 1. The van der Waals surface area contributed by atoms with Crippen molar-refractivity contribution in [1.29, 1.82) is 0 Å². The maximum atomic E-state index is 11.0. The molecule has 0 bridgehead atoms. The van der Waals surface area contributed by atoms with Gasteiger partial charge in [0.05, 0.1) is 34.6 Å². The molecule has 0 N–H and O–H groups in total. The number of carbonyl (C=O) groups excluding carboxylic acids is 1. The van der Waals surface area contributed by atoms with E-state index in [4.69, 9.17) is 0 Å². The topological polar surface area (TPSA) is 20.3 Å². The Morgan fingerprint density at radius 1 is 1.47 bits per heavy atom. The maximum absolute atomic E-state index is 11.0. The predicted octanol–water partition coefficient (Wildman–Crippen LogP) is 3.09. The van der Waals surface area contributed by atoms with Crippen molar-refractivity contribution in [3.63, 3.8) is 0 Å². The molecular formula is C12H14INO. The van der Waals surface area contributed by atoms with Crippen molar-refractivity contribution >= 4 is 34.8 Å². The summed E-state index contributed by atoms with van der Waals surface area (Å²) in [6, 6.07) is 8.32. The van der Waals surface area contributed by atoms with Crippen LogP contribution in [0.4, 0.5) is 5.69 Å². The van der Waals surface area contributed by atoms with E-state index in [-0.39, 0.29) is 11.5 Å². The van der Waals surface area contributed by atoms with Crippen molar-refractivity contribution in [2.75, 3.05) is 3.11 Å². The summed E-state index contributed by atoms with van der Waals surface area (Å²) in [5.41, 5.74) is 2.59. The number of hydrogen-bond acceptors (Lipinski definition) is 2. The Labute approximate surface area is 104 Å². The van der Waals surface area contributed by atoms with Gasteiger partial charge in [-0.1, -0.05) is 32.0 Å². The van der Waals surface area contributed by atoms with Gasteiger partial charge in [-0.15, -0.1) is 0 Å². The van der Waals surface area contributed by atoms with Crippen LogP contribution in [0.5, 0.6) is 0 Å². The molecule has 0 fully saturated rings. The van der Waals surface area contributed by atoms with Gasteiger partial charge >= 0.3 is 0 Å². The normalized spacial score (nSPS) is 23.4. The quantitative estimate of drug-likeness (QED) is 0.451. The predicted molar refractivity (Wildman–Crippen MR) is 70.4 cm³/mol. The summed E-state index contributed by atoms with van der Waals surface area (Å²) in [4.78, 5) is 11.0. The SMILES string of the molecule is CC1(C)CC(C=O)N(I)c2ccccc21. The highest BCUT2D eigenvalue weighted by atomic mass is 127. The van der Waals surface area contributed by atoms with Gasteiger partial charge in [-0.05, 0) is 23.5 Å². The number of halogens is 1. The Morgan fingerprint density at radius 3 is 2.80 bits per heavy atom. The van der Waals surface area contributed by atoms with Crippen molar-refractivity contribution in [2.24, 2.45) is 0 Å². The number of anilines is 1. The molecule has 2 nitrogen and oxygen atoms in total. The van der Waals surface area contributed by atoms with E-state index in [1.807, 2.05) is 9.18 Å². The third kappa shape index (κ3) is 1.77. The van der Waals surface area contributed by atoms with Crippen molar-refractivity contribution in [2.45, 2.75) is 31.7 Å². The molecule has 1 unspecified atom stereocenters. The molecule has 0 saturated carbocycles. The summed E-state index contributed by atoms with van der Waals surface area (Å²) in [7, 11) is 0. The number of nitrogens with zero attached hydrogens (tertiary/aromatic N) is 1. The van der Waals surface area contributed by atoms with E-state index in [0.29, 0.717) is 0 Å². The Kier molecular flexibility index (Phi) is 2.75. The van der Waals surface area contributed by atoms with Gasteiger partial charge < -0.3 is 7.91 Å². The molecule has 1 aromatic carbocycles. The van der Waals surface area contributed by atoms with Crippen LogP contribution < -0.4 is 3.11 Å². The zero-order valence-electron chi connectivity index (χ0n) is 8.90. The van der Waals surface area contributed by atoms with Gasteiger partial charge in [-0.2, -0.15) is 0 Å². The standard InChI is InChI=1S/C12H14INO/c1-12(2)7-9(8-15)14(13)11-6-4-3-5-10(11)12/h3-6,8-9H,7H2,1-2H3. The van der Waals surface area contributed by atoms with Gasteiger partial charge in [-0.3, -0.25) is 0 Å². The molecule has 0 aliphatic carbocycles. The molecular weight excluding hydrogens is 301 g/mol. The molecule has 0 spiro atoms. The number of hydrogen-bond donors (Lipinski definition) is 0. The molecule has 15 heavy (non-hydrogen) atoms. The van der Waals surface area contributed by atoms with E-state index < -0.39 is 0 Å². The highest BCUT2D eigenvalue weighted by Crippen LogP contribution is 2.43. The van der Waals surface area contributed by atoms with Crippen LogP contribution in [0.1, 0.15) is 25.8 Å². The lowest BCUT2D eigenvalue weighted by Crippen LogP contribution is -2.40. The second-order valence-corrected chi connectivity index (χ2v) is 5.66. The molecule has 2 rings (SSSR count). The second-order valence-electron chi connectivity index (χ2n) is 4.62. The summed E-state index contributed by atoms with van der Waals surface area (Å²) < 4.78 is 2.05. The van der Waals surface area contributed by atoms with Crippen LogP contribution in [-0.4, -0.2) is 12.3 Å². The van der Waals surface area contributed by atoms with Gasteiger partial charge in [0, 0.05) is 0 Å². The summed E-state index contributed by atoms with van der Waals surface area (Å²) in [5.74, 6) is 0. The molecule has 0 aromatic heterocycles. The number of benzene rings is 1. The number of carbonyl (C=O) groups is 1. The second kappa shape index (κ2) is 3.77. The Bertz CT molecular complexity index is 389. The first-order valence-electron chi connectivity index (χ1n) is 5.06. The number of rotatable bonds is 1. The molecule has 1 aromatic rings. The van der Waals surface area contributed by atoms with Crippen molar-refractivity contribution in [3.05, 3.63) is 29.8 Å². The molecule has 3 heteroatoms. The smallest absolute Gasteiger partial charge is 0.143 e. The van der Waals surface area contributed by atoms with Crippen LogP contribution in [0.15, 0.2) is 24.3 Å². The maximum Gasteiger partial charge on any atom is 0.143 e. The van der Waals surface area contributed by atoms with Gasteiger partial charge in [0.15, 0.2) is 0 Å². The Hall–Kier alpha value is -0.580. The fourth-order valence-corrected chi connectivity index (χ4v) is 2.97. The first-order chi connectivity index (χ1) is 7.06. The average molecular weight is 315 g/mol. The molecule has 80 valence electrons. The van der Waals surface area contributed by atoms with Crippen LogP contribution in [0.25, 0.3) is 0 Å². The van der Waals surface area contributed by atoms with Crippen LogP contribution in [0.3, 0.4) is 0 Å². The fraction of sp³-hybridized carbons (Fsp3) is 0.417. The summed E-state index contributed by atoms with van der Waals surface area (Å²) in [6.07, 6.45) is 1.93. The van der Waals surface area contributed by atoms with Gasteiger partial charge in [0.25, 0.3) is 0 Å². The van der Waals surface area contributed by atoms with Gasteiger partial charge in [0.2, 0.25) is 0 Å². The van der Waals surface area contributed by atoms with Crippen LogP contribution in [0, 0.1) is 0 Å². The highest BCUT2D eigenvalue weighted by Gasteiger charge is 2.36. The van der Waals surface area contributed by atoms with Crippen LogP contribution in [-0.2, 0) is 10.2 Å². The number of fused-ring (bicyclic) bond motifs is 1. The van der Waals surface area contributed by atoms with E-state index in [9.17, 15) is 4.79 Å². The first-order valence-corrected chi connectivity index (χ1v) is 6.02. The Morgan fingerprint density at radius 2 is 2.13 bits per heavy atom. The van der Waals surface area contributed by atoms with Crippen LogP contribution >= 0.6 is 22.9 Å². The van der Waals surface area contributed by atoms with Crippen molar-refractivity contribution < 1.29 is 4.79 Å².